The smallest absolute Gasteiger partial charge is 0.251 e. The number of carbonyl (C=O) groups is 1. The molecule has 0 aliphatic carbocycles. The van der Waals surface area contributed by atoms with Crippen molar-refractivity contribution in [2.45, 2.75) is 37.2 Å². The number of amides is 1. The molecule has 0 spiro atoms. The van der Waals surface area contributed by atoms with Gasteiger partial charge in [0.15, 0.2) is 11.0 Å². The molecule has 0 aliphatic rings. The molecular formula is C26H23Cl2FN4OS. The van der Waals surface area contributed by atoms with Crippen molar-refractivity contribution in [3.05, 3.63) is 105 Å². The molecule has 180 valence electrons. The number of aromatic nitrogens is 3. The van der Waals surface area contributed by atoms with Crippen LogP contribution in [0.3, 0.4) is 0 Å². The summed E-state index contributed by atoms with van der Waals surface area (Å²) >= 11 is 14.1. The molecular weight excluding hydrogens is 506 g/mol. The summed E-state index contributed by atoms with van der Waals surface area (Å²) in [6.07, 6.45) is 0.904. The molecule has 1 amide bonds. The second-order valence-electron chi connectivity index (χ2n) is 7.93. The monoisotopic (exact) mass is 528 g/mol. The molecule has 4 aromatic rings. The predicted octanol–water partition coefficient (Wildman–Crippen LogP) is 7.06. The predicted molar refractivity (Wildman–Crippen MR) is 139 cm³/mol. The van der Waals surface area contributed by atoms with Crippen molar-refractivity contribution >= 4 is 40.9 Å². The highest BCUT2D eigenvalue weighted by Crippen LogP contribution is 2.32. The number of thioether (sulfide) groups is 1. The van der Waals surface area contributed by atoms with Crippen molar-refractivity contribution in [3.63, 3.8) is 0 Å². The van der Waals surface area contributed by atoms with Crippen molar-refractivity contribution in [1.82, 2.24) is 20.1 Å². The molecule has 1 aromatic heterocycles. The summed E-state index contributed by atoms with van der Waals surface area (Å²) in [4.78, 5) is 12.9. The Balaban J connectivity index is 1.63. The van der Waals surface area contributed by atoms with Gasteiger partial charge in [0.05, 0.1) is 16.8 Å². The molecule has 9 heteroatoms. The van der Waals surface area contributed by atoms with E-state index in [0.717, 1.165) is 17.5 Å². The fraction of sp³-hybridized carbons (Fsp3) is 0.192. The Morgan fingerprint density at radius 1 is 1.03 bits per heavy atom. The van der Waals surface area contributed by atoms with Gasteiger partial charge in [-0.05, 0) is 66.9 Å². The second kappa shape index (κ2) is 11.2. The van der Waals surface area contributed by atoms with Crippen LogP contribution in [0.2, 0.25) is 10.0 Å². The zero-order valence-corrected chi connectivity index (χ0v) is 21.5. The van der Waals surface area contributed by atoms with Gasteiger partial charge in [0.2, 0.25) is 0 Å². The maximum atomic E-state index is 13.3. The highest BCUT2D eigenvalue weighted by Gasteiger charge is 2.23. The van der Waals surface area contributed by atoms with Crippen LogP contribution in [0.15, 0.2) is 71.9 Å². The lowest BCUT2D eigenvalue weighted by molar-refractivity contribution is 0.0938. The van der Waals surface area contributed by atoms with Gasteiger partial charge in [-0.1, -0.05) is 66.2 Å². The van der Waals surface area contributed by atoms with Crippen LogP contribution in [-0.4, -0.2) is 20.7 Å². The van der Waals surface area contributed by atoms with E-state index in [1.54, 1.807) is 30.3 Å². The molecule has 0 saturated carbocycles. The summed E-state index contributed by atoms with van der Waals surface area (Å²) in [5.41, 5.74) is 3.31. The lowest BCUT2D eigenvalue weighted by Crippen LogP contribution is -2.28. The van der Waals surface area contributed by atoms with Gasteiger partial charge in [-0.2, -0.15) is 0 Å². The van der Waals surface area contributed by atoms with Gasteiger partial charge in [0.1, 0.15) is 5.82 Å². The lowest BCUT2D eigenvalue weighted by atomic mass is 10.1. The van der Waals surface area contributed by atoms with Crippen molar-refractivity contribution in [1.29, 1.82) is 0 Å². The SMILES string of the molecule is CCc1ccc(C(=O)NC(C)c2nnc(SCc3ccc(F)cc3)n2-c2ccc(Cl)cc2Cl)cc1. The molecule has 1 atom stereocenters. The average molecular weight is 529 g/mol. The van der Waals surface area contributed by atoms with E-state index in [9.17, 15) is 9.18 Å². The van der Waals surface area contributed by atoms with Crippen molar-refractivity contribution in [2.24, 2.45) is 0 Å². The zero-order valence-electron chi connectivity index (χ0n) is 19.1. The quantitative estimate of drug-likeness (QED) is 0.248. The number of halogens is 3. The first-order valence-electron chi connectivity index (χ1n) is 11.0. The maximum Gasteiger partial charge on any atom is 0.251 e. The molecule has 0 saturated heterocycles. The topological polar surface area (TPSA) is 59.8 Å². The molecule has 1 heterocycles. The number of nitrogens with zero attached hydrogens (tertiary/aromatic N) is 3. The fourth-order valence-electron chi connectivity index (χ4n) is 3.51. The van der Waals surface area contributed by atoms with Gasteiger partial charge in [-0.3, -0.25) is 9.36 Å². The Morgan fingerprint density at radius 2 is 1.71 bits per heavy atom. The van der Waals surface area contributed by atoms with Crippen LogP contribution in [0.5, 0.6) is 0 Å². The van der Waals surface area contributed by atoms with Crippen molar-refractivity contribution in [2.75, 3.05) is 0 Å². The molecule has 4 rings (SSSR count). The summed E-state index contributed by atoms with van der Waals surface area (Å²) in [6.45, 7) is 3.91. The van der Waals surface area contributed by atoms with Crippen molar-refractivity contribution in [3.8, 4) is 5.69 Å². The van der Waals surface area contributed by atoms with Gasteiger partial charge >= 0.3 is 0 Å². The van der Waals surface area contributed by atoms with Gasteiger partial charge in [-0.25, -0.2) is 4.39 Å². The highest BCUT2D eigenvalue weighted by atomic mass is 35.5. The summed E-state index contributed by atoms with van der Waals surface area (Å²) < 4.78 is 15.1. The second-order valence-corrected chi connectivity index (χ2v) is 9.72. The van der Waals surface area contributed by atoms with Gasteiger partial charge < -0.3 is 5.32 Å². The summed E-state index contributed by atoms with van der Waals surface area (Å²) in [5, 5.41) is 13.3. The molecule has 35 heavy (non-hydrogen) atoms. The Morgan fingerprint density at radius 3 is 2.37 bits per heavy atom. The molecule has 3 aromatic carbocycles. The van der Waals surface area contributed by atoms with Gasteiger partial charge in [0, 0.05) is 16.3 Å². The first-order valence-corrected chi connectivity index (χ1v) is 12.8. The third-order valence-electron chi connectivity index (χ3n) is 5.45. The van der Waals surface area contributed by atoms with Crippen LogP contribution in [0.1, 0.15) is 47.2 Å². The number of benzene rings is 3. The minimum absolute atomic E-state index is 0.211. The Bertz CT molecular complexity index is 1330. The number of hydrogen-bond donors (Lipinski definition) is 1. The molecule has 0 bridgehead atoms. The van der Waals surface area contributed by atoms with Crippen molar-refractivity contribution < 1.29 is 9.18 Å². The largest absolute Gasteiger partial charge is 0.342 e. The van der Waals surface area contributed by atoms with Crippen LogP contribution < -0.4 is 5.32 Å². The Kier molecular flexibility index (Phi) is 8.11. The Hall–Kier alpha value is -2.87. The van der Waals surface area contributed by atoms with E-state index in [2.05, 4.69) is 22.4 Å². The highest BCUT2D eigenvalue weighted by molar-refractivity contribution is 7.98. The van der Waals surface area contributed by atoms with E-state index in [1.165, 1.54) is 23.9 Å². The third kappa shape index (κ3) is 6.04. The number of carbonyl (C=O) groups excluding carboxylic acids is 1. The molecule has 0 fully saturated rings. The van der Waals surface area contributed by atoms with Crippen LogP contribution in [-0.2, 0) is 12.2 Å². The summed E-state index contributed by atoms with van der Waals surface area (Å²) in [7, 11) is 0. The lowest BCUT2D eigenvalue weighted by Gasteiger charge is -2.17. The van der Waals surface area contributed by atoms with Crippen LogP contribution in [0.25, 0.3) is 5.69 Å². The van der Waals surface area contributed by atoms with E-state index in [1.807, 2.05) is 35.8 Å². The maximum absolute atomic E-state index is 13.3. The first kappa shape index (κ1) is 25.2. The van der Waals surface area contributed by atoms with Crippen LogP contribution in [0.4, 0.5) is 4.39 Å². The van der Waals surface area contributed by atoms with Crippen LogP contribution >= 0.6 is 35.0 Å². The third-order valence-corrected chi connectivity index (χ3v) is 6.99. The molecule has 5 nitrogen and oxygen atoms in total. The molecule has 0 radical (unpaired) electrons. The van der Waals surface area contributed by atoms with Gasteiger partial charge in [-0.15, -0.1) is 10.2 Å². The molecule has 1 N–H and O–H groups in total. The summed E-state index contributed by atoms with van der Waals surface area (Å²) in [5.74, 6) is 0.576. The van der Waals surface area contributed by atoms with Gasteiger partial charge in [0.25, 0.3) is 5.91 Å². The van der Waals surface area contributed by atoms with Crippen LogP contribution in [0, 0.1) is 5.82 Å². The van der Waals surface area contributed by atoms with E-state index in [-0.39, 0.29) is 11.7 Å². The van der Waals surface area contributed by atoms with E-state index >= 15 is 0 Å². The zero-order chi connectivity index (χ0) is 24.9. The number of hydrogen-bond acceptors (Lipinski definition) is 4. The standard InChI is InChI=1S/C26H23Cl2FN4OS/c1-3-17-4-8-19(9-5-17)25(34)30-16(2)24-31-32-26(35-15-18-6-11-21(29)12-7-18)33(24)23-13-10-20(27)14-22(23)28/h4-14,16H,3,15H2,1-2H3,(H,30,34). The fourth-order valence-corrected chi connectivity index (χ4v) is 4.91. The normalized spacial score (nSPS) is 11.9. The number of nitrogens with one attached hydrogen (secondary N) is 1. The molecule has 1 unspecified atom stereocenters. The Labute approximate surface area is 217 Å². The average Bonchev–Trinajstić information content (AvgIpc) is 3.27. The van der Waals surface area contributed by atoms with E-state index in [0.29, 0.717) is 38.0 Å². The molecule has 0 aliphatic heterocycles. The minimum Gasteiger partial charge on any atom is -0.342 e. The first-order chi connectivity index (χ1) is 16.9. The van der Waals surface area contributed by atoms with E-state index < -0.39 is 6.04 Å². The van der Waals surface area contributed by atoms with E-state index in [4.69, 9.17) is 23.2 Å². The summed E-state index contributed by atoms with van der Waals surface area (Å²) in [6, 6.07) is 18.5. The minimum atomic E-state index is -0.465. The number of aryl methyl sites for hydroxylation is 1. The number of rotatable bonds is 8.